The average Bonchev–Trinajstić information content (AvgIpc) is 2.13. The molecule has 1 aromatic rings. The van der Waals surface area contributed by atoms with Crippen molar-refractivity contribution in [1.82, 2.24) is 0 Å². The Morgan fingerprint density at radius 2 is 1.78 bits per heavy atom. The zero-order chi connectivity index (χ0) is 14.0. The highest BCUT2D eigenvalue weighted by Gasteiger charge is 2.32. The first kappa shape index (κ1) is 14.9. The van der Waals surface area contributed by atoms with E-state index in [0.717, 1.165) is 12.1 Å². The third-order valence-electron chi connectivity index (χ3n) is 1.68. The van der Waals surface area contributed by atoms with E-state index in [1.807, 2.05) is 0 Å². The van der Waals surface area contributed by atoms with Crippen LogP contribution in [0.5, 0.6) is 11.5 Å². The van der Waals surface area contributed by atoms with Crippen LogP contribution in [0.2, 0.25) is 0 Å². The van der Waals surface area contributed by atoms with Crippen LogP contribution >= 0.6 is 10.7 Å². The number of halogens is 4. The van der Waals surface area contributed by atoms with Crippen LogP contribution in [-0.4, -0.2) is 21.4 Å². The Labute approximate surface area is 106 Å². The third-order valence-corrected chi connectivity index (χ3v) is 3.01. The van der Waals surface area contributed by atoms with Gasteiger partial charge in [0.25, 0.3) is 9.05 Å². The highest BCUT2D eigenvalue weighted by Crippen LogP contribution is 2.31. The van der Waals surface area contributed by atoms with E-state index in [-0.39, 0.29) is 12.4 Å². The van der Waals surface area contributed by atoms with E-state index in [2.05, 4.69) is 4.74 Å². The van der Waals surface area contributed by atoms with Gasteiger partial charge in [-0.05, 0) is 6.92 Å². The molecule has 4 nitrogen and oxygen atoms in total. The van der Waals surface area contributed by atoms with Crippen LogP contribution in [0.1, 0.15) is 6.92 Å². The highest BCUT2D eigenvalue weighted by molar-refractivity contribution is 8.13. The van der Waals surface area contributed by atoms with Gasteiger partial charge >= 0.3 is 6.36 Å². The van der Waals surface area contributed by atoms with E-state index < -0.39 is 26.1 Å². The lowest BCUT2D eigenvalue weighted by Crippen LogP contribution is -2.17. The maximum atomic E-state index is 12.0. The van der Waals surface area contributed by atoms with Gasteiger partial charge in [0.15, 0.2) is 0 Å². The van der Waals surface area contributed by atoms with Crippen LogP contribution < -0.4 is 9.47 Å². The minimum atomic E-state index is -4.93. The Bertz CT molecular complexity index is 527. The van der Waals surface area contributed by atoms with E-state index >= 15 is 0 Å². The molecule has 1 aromatic carbocycles. The monoisotopic (exact) mass is 304 g/mol. The maximum absolute atomic E-state index is 12.0. The zero-order valence-corrected chi connectivity index (χ0v) is 10.6. The van der Waals surface area contributed by atoms with Crippen molar-refractivity contribution in [1.29, 1.82) is 0 Å². The standard InChI is InChI=1S/C9H8ClF3O4S/c1-2-16-6-3-7(17-9(11,12)13)5-8(4-6)18(10,14)15/h3-5H,2H2,1H3. The van der Waals surface area contributed by atoms with Crippen molar-refractivity contribution in [3.05, 3.63) is 18.2 Å². The van der Waals surface area contributed by atoms with Gasteiger partial charge in [-0.3, -0.25) is 0 Å². The molecule has 0 bridgehead atoms. The second-order valence-corrected chi connectivity index (χ2v) is 5.62. The lowest BCUT2D eigenvalue weighted by Gasteiger charge is -2.11. The van der Waals surface area contributed by atoms with Crippen LogP contribution in [-0.2, 0) is 9.05 Å². The van der Waals surface area contributed by atoms with Crippen LogP contribution in [0.15, 0.2) is 23.1 Å². The van der Waals surface area contributed by atoms with Gasteiger partial charge in [-0.1, -0.05) is 0 Å². The molecule has 0 spiro atoms. The quantitative estimate of drug-likeness (QED) is 0.803. The molecule has 9 heteroatoms. The molecule has 0 unspecified atom stereocenters. The molecule has 0 N–H and O–H groups in total. The summed E-state index contributed by atoms with van der Waals surface area (Å²) in [5, 5.41) is 0. The molecule has 0 radical (unpaired) electrons. The number of rotatable bonds is 4. The van der Waals surface area contributed by atoms with Gasteiger partial charge in [-0.15, -0.1) is 13.2 Å². The van der Waals surface area contributed by atoms with Crippen LogP contribution in [0.4, 0.5) is 13.2 Å². The Hall–Kier alpha value is -1.15. The van der Waals surface area contributed by atoms with E-state index in [4.69, 9.17) is 15.4 Å². The third kappa shape index (κ3) is 4.61. The zero-order valence-electron chi connectivity index (χ0n) is 8.99. The van der Waals surface area contributed by atoms with Crippen molar-refractivity contribution >= 4 is 19.7 Å². The van der Waals surface area contributed by atoms with Gasteiger partial charge in [0.2, 0.25) is 0 Å². The average molecular weight is 305 g/mol. The summed E-state index contributed by atoms with van der Waals surface area (Å²) in [6.45, 7) is 1.74. The van der Waals surface area contributed by atoms with Crippen LogP contribution in [0, 0.1) is 0 Å². The Balaban J connectivity index is 3.22. The molecule has 0 amide bonds. The summed E-state index contributed by atoms with van der Waals surface area (Å²) in [7, 11) is 0.877. The molecule has 0 aliphatic rings. The molecular weight excluding hydrogens is 297 g/mol. The molecular formula is C9H8ClF3O4S. The molecule has 0 aliphatic heterocycles. The van der Waals surface area contributed by atoms with Gasteiger partial charge in [0, 0.05) is 28.9 Å². The van der Waals surface area contributed by atoms with Crippen molar-refractivity contribution in [2.24, 2.45) is 0 Å². The molecule has 0 saturated heterocycles. The summed E-state index contributed by atoms with van der Waals surface area (Å²) in [5.41, 5.74) is 0. The van der Waals surface area contributed by atoms with Crippen molar-refractivity contribution in [3.8, 4) is 11.5 Å². The van der Waals surface area contributed by atoms with Crippen LogP contribution in [0.3, 0.4) is 0 Å². The van der Waals surface area contributed by atoms with Gasteiger partial charge < -0.3 is 9.47 Å². The van der Waals surface area contributed by atoms with E-state index in [9.17, 15) is 21.6 Å². The summed E-state index contributed by atoms with van der Waals surface area (Å²) in [6.07, 6.45) is -4.93. The summed E-state index contributed by atoms with van der Waals surface area (Å²) in [4.78, 5) is -0.533. The van der Waals surface area contributed by atoms with Gasteiger partial charge in [-0.25, -0.2) is 8.42 Å². The van der Waals surface area contributed by atoms with Gasteiger partial charge in [-0.2, -0.15) is 0 Å². The first-order valence-electron chi connectivity index (χ1n) is 4.60. The minimum absolute atomic E-state index is 0.0847. The van der Waals surface area contributed by atoms with Crippen molar-refractivity contribution < 1.29 is 31.1 Å². The van der Waals surface area contributed by atoms with Crippen molar-refractivity contribution in [2.75, 3.05) is 6.61 Å². The fourth-order valence-electron chi connectivity index (χ4n) is 1.13. The van der Waals surface area contributed by atoms with Gasteiger partial charge in [0.05, 0.1) is 11.5 Å². The molecule has 0 atom stereocenters. The van der Waals surface area contributed by atoms with Crippen LogP contribution in [0.25, 0.3) is 0 Å². The summed E-state index contributed by atoms with van der Waals surface area (Å²) < 4.78 is 66.8. The number of ether oxygens (including phenoxy) is 2. The second-order valence-electron chi connectivity index (χ2n) is 3.06. The summed E-state index contributed by atoms with van der Waals surface area (Å²) >= 11 is 0. The van der Waals surface area contributed by atoms with E-state index in [1.54, 1.807) is 6.92 Å². The predicted octanol–water partition coefficient (Wildman–Crippen LogP) is 2.91. The van der Waals surface area contributed by atoms with Crippen molar-refractivity contribution in [2.45, 2.75) is 18.2 Å². The van der Waals surface area contributed by atoms with E-state index in [1.165, 1.54) is 0 Å². The first-order valence-corrected chi connectivity index (χ1v) is 6.91. The SMILES string of the molecule is CCOc1cc(OC(F)(F)F)cc(S(=O)(=O)Cl)c1. The van der Waals surface area contributed by atoms with Crippen molar-refractivity contribution in [3.63, 3.8) is 0 Å². The molecule has 0 aliphatic carbocycles. The lowest BCUT2D eigenvalue weighted by atomic mass is 10.3. The normalized spacial score (nSPS) is 12.3. The molecule has 0 fully saturated rings. The molecule has 0 aromatic heterocycles. The molecule has 18 heavy (non-hydrogen) atoms. The number of alkyl halides is 3. The molecule has 1 rings (SSSR count). The predicted molar refractivity (Wildman–Crippen MR) is 57.3 cm³/mol. The topological polar surface area (TPSA) is 52.6 Å². The maximum Gasteiger partial charge on any atom is 0.573 e. The fourth-order valence-corrected chi connectivity index (χ4v) is 1.91. The molecule has 102 valence electrons. The summed E-state index contributed by atoms with van der Waals surface area (Å²) in [6, 6.07) is 2.59. The number of hydrogen-bond donors (Lipinski definition) is 0. The summed E-state index contributed by atoms with van der Waals surface area (Å²) in [5.74, 6) is -0.800. The largest absolute Gasteiger partial charge is 0.573 e. The first-order chi connectivity index (χ1) is 8.12. The molecule has 0 heterocycles. The number of hydrogen-bond acceptors (Lipinski definition) is 4. The second kappa shape index (κ2) is 5.23. The fraction of sp³-hybridized carbons (Fsp3) is 0.333. The number of benzene rings is 1. The van der Waals surface area contributed by atoms with E-state index in [0.29, 0.717) is 6.07 Å². The van der Waals surface area contributed by atoms with Gasteiger partial charge in [0.1, 0.15) is 11.5 Å². The Morgan fingerprint density at radius 3 is 2.22 bits per heavy atom. The Kier molecular flexibility index (Phi) is 4.33. The highest BCUT2D eigenvalue weighted by atomic mass is 35.7. The lowest BCUT2D eigenvalue weighted by molar-refractivity contribution is -0.274. The minimum Gasteiger partial charge on any atom is -0.494 e. The molecule has 0 saturated carbocycles. The smallest absolute Gasteiger partial charge is 0.494 e. The Morgan fingerprint density at radius 1 is 1.22 bits per heavy atom.